The van der Waals surface area contributed by atoms with Gasteiger partial charge in [-0.25, -0.2) is 8.78 Å². The highest BCUT2D eigenvalue weighted by Crippen LogP contribution is 2.20. The van der Waals surface area contributed by atoms with Crippen molar-refractivity contribution in [3.05, 3.63) is 64.7 Å². The number of halogens is 3. The second kappa shape index (κ2) is 8.08. The van der Waals surface area contributed by atoms with Crippen LogP contribution in [0.3, 0.4) is 0 Å². The molecule has 3 nitrogen and oxygen atoms in total. The van der Waals surface area contributed by atoms with Gasteiger partial charge >= 0.3 is 0 Å². The summed E-state index contributed by atoms with van der Waals surface area (Å²) in [6.07, 6.45) is 0. The fraction of sp³-hybridized carbons (Fsp3) is 0.278. The average Bonchev–Trinajstić information content (AvgIpc) is 2.61. The van der Waals surface area contributed by atoms with Gasteiger partial charge in [0.1, 0.15) is 11.6 Å². The van der Waals surface area contributed by atoms with Gasteiger partial charge in [-0.2, -0.15) is 0 Å². The van der Waals surface area contributed by atoms with Crippen LogP contribution in [0.1, 0.15) is 5.56 Å². The van der Waals surface area contributed by atoms with E-state index in [-0.39, 0.29) is 10.8 Å². The molecule has 132 valence electrons. The first-order valence-electron chi connectivity index (χ1n) is 7.99. The molecule has 1 saturated heterocycles. The Morgan fingerprint density at radius 3 is 2.36 bits per heavy atom. The lowest BCUT2D eigenvalue weighted by Crippen LogP contribution is -2.49. The molecule has 0 bridgehead atoms. The van der Waals surface area contributed by atoms with Crippen LogP contribution in [-0.2, 0) is 6.54 Å². The van der Waals surface area contributed by atoms with E-state index in [0.717, 1.165) is 38.3 Å². The minimum absolute atomic E-state index is 0.0666. The summed E-state index contributed by atoms with van der Waals surface area (Å²) in [6.45, 7) is 4.11. The molecule has 2 aromatic rings. The molecule has 25 heavy (non-hydrogen) atoms. The number of hydrogen-bond acceptors (Lipinski definition) is 2. The van der Waals surface area contributed by atoms with Crippen molar-refractivity contribution in [3.8, 4) is 0 Å². The predicted octanol–water partition coefficient (Wildman–Crippen LogP) is 4.13. The smallest absolute Gasteiger partial charge is 0.173 e. The first kappa shape index (κ1) is 18.0. The first-order chi connectivity index (χ1) is 12.0. The molecule has 1 aliphatic heterocycles. The van der Waals surface area contributed by atoms with Gasteiger partial charge in [0.05, 0.1) is 5.02 Å². The van der Waals surface area contributed by atoms with Gasteiger partial charge in [-0.15, -0.1) is 0 Å². The molecule has 0 spiro atoms. The van der Waals surface area contributed by atoms with Crippen LogP contribution < -0.4 is 5.32 Å². The molecule has 0 amide bonds. The first-order valence-corrected chi connectivity index (χ1v) is 8.77. The zero-order valence-corrected chi connectivity index (χ0v) is 15.1. The lowest BCUT2D eigenvalue weighted by Gasteiger charge is -2.36. The van der Waals surface area contributed by atoms with E-state index >= 15 is 0 Å². The fourth-order valence-electron chi connectivity index (χ4n) is 2.73. The molecule has 1 fully saturated rings. The molecule has 0 aromatic heterocycles. The number of rotatable bonds is 3. The molecule has 1 heterocycles. The summed E-state index contributed by atoms with van der Waals surface area (Å²) in [5, 5.41) is 3.76. The Balaban J connectivity index is 1.50. The summed E-state index contributed by atoms with van der Waals surface area (Å²) in [6, 6.07) is 11.0. The molecule has 7 heteroatoms. The van der Waals surface area contributed by atoms with Crippen LogP contribution in [0.4, 0.5) is 14.5 Å². The molecular weight excluding hydrogens is 364 g/mol. The monoisotopic (exact) mass is 381 g/mol. The standard InChI is InChI=1S/C18H18ClF2N3S/c19-16-11-15(5-6-17(16)21)22-18(25)24-9-7-23(8-10-24)12-13-1-3-14(20)4-2-13/h1-6,11H,7-10,12H2,(H,22,25). The maximum absolute atomic E-state index is 13.2. The Labute approximate surface area is 156 Å². The molecule has 0 atom stereocenters. The Bertz CT molecular complexity index is 746. The molecule has 2 aromatic carbocycles. The van der Waals surface area contributed by atoms with Crippen molar-refractivity contribution in [3.63, 3.8) is 0 Å². The Hall–Kier alpha value is -1.76. The number of nitrogens with one attached hydrogen (secondary N) is 1. The van der Waals surface area contributed by atoms with Gasteiger partial charge in [0.15, 0.2) is 5.11 Å². The van der Waals surface area contributed by atoms with E-state index < -0.39 is 5.82 Å². The molecule has 0 aliphatic carbocycles. The highest BCUT2D eigenvalue weighted by atomic mass is 35.5. The normalized spacial score (nSPS) is 15.2. The number of hydrogen-bond donors (Lipinski definition) is 1. The lowest BCUT2D eigenvalue weighted by molar-refractivity contribution is 0.177. The summed E-state index contributed by atoms with van der Waals surface area (Å²) in [5.41, 5.74) is 1.77. The molecule has 3 rings (SSSR count). The largest absolute Gasteiger partial charge is 0.346 e. The molecule has 0 unspecified atom stereocenters. The van der Waals surface area contributed by atoms with Crippen molar-refractivity contribution >= 4 is 34.6 Å². The Morgan fingerprint density at radius 2 is 1.72 bits per heavy atom. The van der Waals surface area contributed by atoms with Crippen LogP contribution in [0.25, 0.3) is 0 Å². The van der Waals surface area contributed by atoms with E-state index in [1.807, 2.05) is 12.1 Å². The van der Waals surface area contributed by atoms with Crippen molar-refractivity contribution in [2.75, 3.05) is 31.5 Å². The summed E-state index contributed by atoms with van der Waals surface area (Å²) in [4.78, 5) is 4.38. The summed E-state index contributed by atoms with van der Waals surface area (Å²) < 4.78 is 26.2. The van der Waals surface area contributed by atoms with Crippen LogP contribution in [-0.4, -0.2) is 41.1 Å². The third-order valence-corrected chi connectivity index (χ3v) is 4.80. The SMILES string of the molecule is Fc1ccc(CN2CCN(C(=S)Nc3ccc(F)c(Cl)c3)CC2)cc1. The number of thiocarbonyl (C=S) groups is 1. The average molecular weight is 382 g/mol. The van der Waals surface area contributed by atoms with Gasteiger partial charge in [0, 0.05) is 38.4 Å². The lowest BCUT2D eigenvalue weighted by atomic mass is 10.2. The molecule has 0 radical (unpaired) electrons. The van der Waals surface area contributed by atoms with Crippen LogP contribution >= 0.6 is 23.8 Å². The van der Waals surface area contributed by atoms with Crippen molar-refractivity contribution in [2.24, 2.45) is 0 Å². The Morgan fingerprint density at radius 1 is 1.04 bits per heavy atom. The van der Waals surface area contributed by atoms with E-state index in [2.05, 4.69) is 15.1 Å². The van der Waals surface area contributed by atoms with Crippen molar-refractivity contribution in [1.82, 2.24) is 9.80 Å². The zero-order chi connectivity index (χ0) is 17.8. The zero-order valence-electron chi connectivity index (χ0n) is 13.5. The third kappa shape index (κ3) is 4.87. The summed E-state index contributed by atoms with van der Waals surface area (Å²) in [7, 11) is 0. The number of anilines is 1. The van der Waals surface area contributed by atoms with Crippen LogP contribution in [0.2, 0.25) is 5.02 Å². The second-order valence-corrected chi connectivity index (χ2v) is 6.74. The van der Waals surface area contributed by atoms with Gasteiger partial charge in [0.25, 0.3) is 0 Å². The van der Waals surface area contributed by atoms with Crippen molar-refractivity contribution < 1.29 is 8.78 Å². The minimum atomic E-state index is -0.451. The fourth-order valence-corrected chi connectivity index (χ4v) is 3.21. The van der Waals surface area contributed by atoms with E-state index in [9.17, 15) is 8.78 Å². The van der Waals surface area contributed by atoms with Crippen LogP contribution in [0, 0.1) is 11.6 Å². The number of benzene rings is 2. The van der Waals surface area contributed by atoms with Gasteiger partial charge in [-0.05, 0) is 48.1 Å². The second-order valence-electron chi connectivity index (χ2n) is 5.95. The van der Waals surface area contributed by atoms with E-state index in [1.54, 1.807) is 6.07 Å². The van der Waals surface area contributed by atoms with Crippen LogP contribution in [0.15, 0.2) is 42.5 Å². The van der Waals surface area contributed by atoms with Crippen molar-refractivity contribution in [2.45, 2.75) is 6.54 Å². The molecule has 1 N–H and O–H groups in total. The molecule has 0 saturated carbocycles. The van der Waals surface area contributed by atoms with E-state index in [4.69, 9.17) is 23.8 Å². The number of piperazine rings is 1. The highest BCUT2D eigenvalue weighted by Gasteiger charge is 2.19. The van der Waals surface area contributed by atoms with Crippen LogP contribution in [0.5, 0.6) is 0 Å². The molecule has 1 aliphatic rings. The number of nitrogens with zero attached hydrogens (tertiary/aromatic N) is 2. The minimum Gasteiger partial charge on any atom is -0.346 e. The maximum atomic E-state index is 13.2. The van der Waals surface area contributed by atoms with Gasteiger partial charge < -0.3 is 10.2 Å². The summed E-state index contributed by atoms with van der Waals surface area (Å²) >= 11 is 11.2. The Kier molecular flexibility index (Phi) is 5.83. The highest BCUT2D eigenvalue weighted by molar-refractivity contribution is 7.80. The van der Waals surface area contributed by atoms with Gasteiger partial charge in [0.2, 0.25) is 0 Å². The maximum Gasteiger partial charge on any atom is 0.173 e. The van der Waals surface area contributed by atoms with E-state index in [1.165, 1.54) is 24.3 Å². The van der Waals surface area contributed by atoms with E-state index in [0.29, 0.717) is 10.8 Å². The topological polar surface area (TPSA) is 18.5 Å². The van der Waals surface area contributed by atoms with Crippen molar-refractivity contribution in [1.29, 1.82) is 0 Å². The molecular formula is C18H18ClF2N3S. The third-order valence-electron chi connectivity index (χ3n) is 4.15. The summed E-state index contributed by atoms with van der Waals surface area (Å²) in [5.74, 6) is -0.668. The quantitative estimate of drug-likeness (QED) is 0.805. The van der Waals surface area contributed by atoms with Gasteiger partial charge in [-0.1, -0.05) is 23.7 Å². The van der Waals surface area contributed by atoms with Gasteiger partial charge in [-0.3, -0.25) is 4.90 Å². The predicted molar refractivity (Wildman–Crippen MR) is 101 cm³/mol.